The van der Waals surface area contributed by atoms with Gasteiger partial charge in [-0.2, -0.15) is 0 Å². The van der Waals surface area contributed by atoms with Gasteiger partial charge in [0.05, 0.1) is 17.5 Å². The summed E-state index contributed by atoms with van der Waals surface area (Å²) in [6, 6.07) is 11.4. The number of hydrogen-bond donors (Lipinski definition) is 1. The number of aryl methyl sites for hydroxylation is 1. The summed E-state index contributed by atoms with van der Waals surface area (Å²) in [5.41, 5.74) is 3.37. The van der Waals surface area contributed by atoms with Crippen molar-refractivity contribution >= 4 is 39.5 Å². The van der Waals surface area contributed by atoms with Crippen molar-refractivity contribution in [1.29, 1.82) is 0 Å². The number of nitrogens with zero attached hydrogens (tertiary/aromatic N) is 1. The van der Waals surface area contributed by atoms with Gasteiger partial charge in [0.1, 0.15) is 12.0 Å². The van der Waals surface area contributed by atoms with E-state index < -0.39 is 21.2 Å². The number of carbonyl (C=O) groups excluding carboxylic acids is 2. The normalized spacial score (nSPS) is 32.8. The lowest BCUT2D eigenvalue weighted by molar-refractivity contribution is -0.115. The smallest absolute Gasteiger partial charge is 0.264 e. The highest BCUT2D eigenvalue weighted by atomic mass is 35.5. The van der Waals surface area contributed by atoms with Crippen LogP contribution >= 0.6 is 11.6 Å². The molecule has 1 amide bonds. The van der Waals surface area contributed by atoms with Crippen molar-refractivity contribution in [3.8, 4) is 5.75 Å². The number of fused-ring (bicyclic) bond motifs is 4. The number of ether oxygens (including phenoxy) is 1. The monoisotopic (exact) mass is 612 g/mol. The molecule has 226 valence electrons. The van der Waals surface area contributed by atoms with Crippen LogP contribution < -0.4 is 14.4 Å². The van der Waals surface area contributed by atoms with Crippen LogP contribution in [0.25, 0.3) is 0 Å². The van der Waals surface area contributed by atoms with E-state index in [0.29, 0.717) is 42.7 Å². The number of benzene rings is 2. The van der Waals surface area contributed by atoms with Gasteiger partial charge in [-0.25, -0.2) is 13.1 Å². The summed E-state index contributed by atoms with van der Waals surface area (Å²) < 4.78 is 35.3. The van der Waals surface area contributed by atoms with Crippen molar-refractivity contribution in [2.45, 2.75) is 75.9 Å². The van der Waals surface area contributed by atoms with Crippen LogP contribution in [0.2, 0.25) is 5.02 Å². The number of hydrogen-bond acceptors (Lipinski definition) is 6. The molecule has 1 saturated carbocycles. The first-order chi connectivity index (χ1) is 20.1. The van der Waals surface area contributed by atoms with E-state index >= 15 is 0 Å². The van der Waals surface area contributed by atoms with Crippen LogP contribution in [0, 0.1) is 23.7 Å². The quantitative estimate of drug-likeness (QED) is 0.402. The topological polar surface area (TPSA) is 92.8 Å². The van der Waals surface area contributed by atoms with Gasteiger partial charge in [-0.15, -0.1) is 0 Å². The zero-order valence-corrected chi connectivity index (χ0v) is 26.1. The second kappa shape index (κ2) is 11.5. The summed E-state index contributed by atoms with van der Waals surface area (Å²) >= 11 is 6.39. The average molecular weight is 613 g/mol. The van der Waals surface area contributed by atoms with E-state index in [9.17, 15) is 18.0 Å². The second-order valence-electron chi connectivity index (χ2n) is 13.2. The molecule has 2 aromatic rings. The predicted molar refractivity (Wildman–Crippen MR) is 165 cm³/mol. The van der Waals surface area contributed by atoms with Crippen molar-refractivity contribution in [2.24, 2.45) is 23.7 Å². The molecule has 0 radical (unpaired) electrons. The Labute approximate surface area is 254 Å². The number of halogens is 1. The van der Waals surface area contributed by atoms with Crippen molar-refractivity contribution in [3.63, 3.8) is 0 Å². The summed E-state index contributed by atoms with van der Waals surface area (Å²) in [5, 5.41) is 0.000975. The lowest BCUT2D eigenvalue weighted by Crippen LogP contribution is -2.49. The van der Waals surface area contributed by atoms with Gasteiger partial charge in [0.2, 0.25) is 10.0 Å². The Morgan fingerprint density at radius 1 is 1.07 bits per heavy atom. The van der Waals surface area contributed by atoms with Gasteiger partial charge in [-0.05, 0) is 111 Å². The number of amides is 1. The van der Waals surface area contributed by atoms with Crippen LogP contribution in [0.5, 0.6) is 5.75 Å². The molecule has 42 heavy (non-hydrogen) atoms. The summed E-state index contributed by atoms with van der Waals surface area (Å²) in [6.45, 7) is 5.54. The molecule has 0 saturated heterocycles. The van der Waals surface area contributed by atoms with Crippen LogP contribution in [0.4, 0.5) is 5.69 Å². The summed E-state index contributed by atoms with van der Waals surface area (Å²) in [7, 11) is -3.89. The highest BCUT2D eigenvalue weighted by Crippen LogP contribution is 2.47. The van der Waals surface area contributed by atoms with E-state index in [1.165, 1.54) is 11.1 Å². The number of carbonyl (C=O) groups is 2. The van der Waals surface area contributed by atoms with Gasteiger partial charge in [-0.3, -0.25) is 4.79 Å². The number of anilines is 1. The maximum absolute atomic E-state index is 13.3. The molecule has 9 heteroatoms. The van der Waals surface area contributed by atoms with E-state index in [2.05, 4.69) is 21.8 Å². The molecule has 6 rings (SSSR count). The van der Waals surface area contributed by atoms with Crippen molar-refractivity contribution < 1.29 is 22.7 Å². The average Bonchev–Trinajstić information content (AvgIpc) is 3.10. The lowest BCUT2D eigenvalue weighted by atomic mass is 9.65. The molecule has 2 heterocycles. The Morgan fingerprint density at radius 2 is 1.90 bits per heavy atom. The Balaban J connectivity index is 1.42. The van der Waals surface area contributed by atoms with Gasteiger partial charge >= 0.3 is 0 Å². The van der Waals surface area contributed by atoms with Gasteiger partial charge in [0, 0.05) is 35.0 Å². The van der Waals surface area contributed by atoms with Gasteiger partial charge in [0.25, 0.3) is 5.91 Å². The van der Waals surface area contributed by atoms with Gasteiger partial charge < -0.3 is 14.4 Å². The largest absolute Gasteiger partial charge is 0.490 e. The number of sulfonamides is 1. The van der Waals surface area contributed by atoms with Crippen molar-refractivity contribution in [2.75, 3.05) is 24.6 Å². The SMILES string of the molecule is C[C@@H]1[C@@H](C)CCC[C@H](C=O)[C@@H]2CC[C@H]2CN2C[C@@]3(CCCc4cc(Cl)ccc43)COc3ccc(cc32)C(=O)NS1(=O)=O. The van der Waals surface area contributed by atoms with Crippen LogP contribution in [-0.2, 0) is 26.7 Å². The maximum Gasteiger partial charge on any atom is 0.264 e. The number of rotatable bonds is 1. The molecule has 0 unspecified atom stereocenters. The Morgan fingerprint density at radius 3 is 2.67 bits per heavy atom. The molecule has 2 bridgehead atoms. The first kappa shape index (κ1) is 29.5. The first-order valence-corrected chi connectivity index (χ1v) is 17.3. The fraction of sp³-hybridized carbons (Fsp3) is 0.576. The summed E-state index contributed by atoms with van der Waals surface area (Å²) in [4.78, 5) is 28.0. The predicted octanol–water partition coefficient (Wildman–Crippen LogP) is 5.92. The molecule has 7 nitrogen and oxygen atoms in total. The Kier molecular flexibility index (Phi) is 8.07. The van der Waals surface area contributed by atoms with E-state index in [1.54, 1.807) is 25.1 Å². The molecular weight excluding hydrogens is 572 g/mol. The van der Waals surface area contributed by atoms with E-state index in [-0.39, 0.29) is 17.3 Å². The maximum atomic E-state index is 13.3. The molecule has 1 spiro atoms. The Hall–Kier alpha value is -2.58. The Bertz CT molecular complexity index is 1480. The molecule has 2 aliphatic carbocycles. The highest BCUT2D eigenvalue weighted by molar-refractivity contribution is 7.90. The van der Waals surface area contributed by atoms with E-state index in [0.717, 1.165) is 68.5 Å². The molecular formula is C33H41ClN2O5S. The minimum absolute atomic E-state index is 0.0315. The van der Waals surface area contributed by atoms with Crippen molar-refractivity contribution in [3.05, 3.63) is 58.1 Å². The lowest BCUT2D eigenvalue weighted by Gasteiger charge is -2.46. The molecule has 2 aliphatic heterocycles. The molecule has 1 fully saturated rings. The third-order valence-corrected chi connectivity index (χ3v) is 12.8. The second-order valence-corrected chi connectivity index (χ2v) is 15.7. The minimum Gasteiger partial charge on any atom is -0.490 e. The zero-order chi connectivity index (χ0) is 29.6. The van der Waals surface area contributed by atoms with E-state index in [4.69, 9.17) is 16.3 Å². The third-order valence-electron chi connectivity index (χ3n) is 10.7. The molecule has 2 aromatic carbocycles. The van der Waals surface area contributed by atoms with Gasteiger partial charge in [0.15, 0.2) is 0 Å². The first-order valence-electron chi connectivity index (χ1n) is 15.4. The number of nitrogens with one attached hydrogen (secondary N) is 1. The number of aldehydes is 1. The molecule has 1 N–H and O–H groups in total. The van der Waals surface area contributed by atoms with Crippen LogP contribution in [0.1, 0.15) is 80.3 Å². The molecule has 0 aromatic heterocycles. The van der Waals surface area contributed by atoms with Crippen LogP contribution in [-0.4, -0.2) is 45.6 Å². The van der Waals surface area contributed by atoms with Crippen molar-refractivity contribution in [1.82, 2.24) is 4.72 Å². The highest BCUT2D eigenvalue weighted by Gasteiger charge is 2.44. The van der Waals surface area contributed by atoms with E-state index in [1.807, 2.05) is 13.0 Å². The minimum atomic E-state index is -3.89. The molecule has 4 aliphatic rings. The molecule has 6 atom stereocenters. The third kappa shape index (κ3) is 5.45. The summed E-state index contributed by atoms with van der Waals surface area (Å²) in [6.07, 6.45) is 8.43. The fourth-order valence-electron chi connectivity index (χ4n) is 7.80. The van der Waals surface area contributed by atoms with Crippen LogP contribution in [0.15, 0.2) is 36.4 Å². The summed E-state index contributed by atoms with van der Waals surface area (Å²) in [5.74, 6) is 0.559. The fourth-order valence-corrected chi connectivity index (χ4v) is 9.31. The standard InChI is InChI=1S/C33H41ClN2O5S/c1-21-5-3-6-26(18-37)28-11-8-25(28)17-36-19-33(14-4-7-23-15-27(34)10-12-29(23)33)20-41-31-13-9-24(16-30(31)36)32(38)35-42(39,40)22(21)2/h9-10,12-13,15-16,18,21-22,25-26,28H,3-8,11,14,17,19-20H2,1-2H3,(H,35,38)/t21-,22+,25-,26+,28+,33-/m0/s1. The van der Waals surface area contributed by atoms with Gasteiger partial charge in [-0.1, -0.05) is 31.0 Å². The zero-order valence-electron chi connectivity index (χ0n) is 24.5. The van der Waals surface area contributed by atoms with Crippen LogP contribution in [0.3, 0.4) is 0 Å².